The Morgan fingerprint density at radius 1 is 0.962 bits per heavy atom. The van der Waals surface area contributed by atoms with Crippen molar-refractivity contribution in [1.82, 2.24) is 0 Å². The molecule has 0 nitrogen and oxygen atoms in total. The number of alkyl halides is 1. The van der Waals surface area contributed by atoms with Gasteiger partial charge in [0.2, 0.25) is 0 Å². The molecule has 1 heterocycles. The molecular formula is C20H13BrCl2S2Zr. The summed E-state index contributed by atoms with van der Waals surface area (Å²) in [6.07, 6.45) is 6.97. The van der Waals surface area contributed by atoms with Crippen molar-refractivity contribution in [1.29, 1.82) is 0 Å². The molecular weight excluding hydrogens is 546 g/mol. The third kappa shape index (κ3) is 3.25. The van der Waals surface area contributed by atoms with Crippen molar-refractivity contribution in [2.45, 2.75) is 7.79 Å². The molecule has 130 valence electrons. The molecule has 0 amide bonds. The summed E-state index contributed by atoms with van der Waals surface area (Å²) >= 11 is 3.61. The number of rotatable bonds is 2. The van der Waals surface area contributed by atoms with Crippen LogP contribution in [0.25, 0.3) is 17.7 Å². The summed E-state index contributed by atoms with van der Waals surface area (Å²) in [5.41, 5.74) is 6.99. The van der Waals surface area contributed by atoms with Crippen molar-refractivity contribution in [3.8, 4) is 0 Å². The number of benzene rings is 2. The van der Waals surface area contributed by atoms with Gasteiger partial charge in [0.1, 0.15) is 0 Å². The van der Waals surface area contributed by atoms with Crippen LogP contribution in [-0.2, 0) is 19.7 Å². The van der Waals surface area contributed by atoms with Gasteiger partial charge in [-0.1, -0.05) is 0 Å². The van der Waals surface area contributed by atoms with E-state index in [9.17, 15) is 0 Å². The van der Waals surface area contributed by atoms with Crippen LogP contribution in [0, 0.1) is 0 Å². The number of fused-ring (bicyclic) bond motifs is 4. The Labute approximate surface area is 189 Å². The third-order valence-electron chi connectivity index (χ3n) is 4.84. The first-order valence-electron chi connectivity index (χ1n) is 7.92. The topological polar surface area (TPSA) is 0 Å². The van der Waals surface area contributed by atoms with E-state index in [1.54, 1.807) is 3.28 Å². The Hall–Kier alpha value is 0.173. The molecule has 0 radical (unpaired) electrons. The second-order valence-electron chi connectivity index (χ2n) is 6.15. The molecule has 5 rings (SSSR count). The molecule has 0 aromatic heterocycles. The molecule has 2 aliphatic carbocycles. The predicted octanol–water partition coefficient (Wildman–Crippen LogP) is 0.727. The minimum atomic E-state index is -2.25. The van der Waals surface area contributed by atoms with Gasteiger partial charge in [-0.05, 0) is 0 Å². The molecule has 2 unspecified atom stereocenters. The zero-order valence-electron chi connectivity index (χ0n) is 13.5. The SMILES string of the molecule is [Cl-].[Cl-].[S]=[Zr+2]([C]1=C2C(=Cc3ccccc32)SC1Br)[CH]1C=Cc2ccccc21. The van der Waals surface area contributed by atoms with E-state index in [4.69, 9.17) is 8.86 Å². The molecule has 0 fully saturated rings. The monoisotopic (exact) mass is 556 g/mol. The first-order chi connectivity index (χ1) is 11.7. The van der Waals surface area contributed by atoms with Crippen LogP contribution in [0.15, 0.2) is 62.8 Å². The summed E-state index contributed by atoms with van der Waals surface area (Å²) < 4.78 is 2.40. The molecule has 2 aromatic rings. The number of hydrogen-bond acceptors (Lipinski definition) is 2. The van der Waals surface area contributed by atoms with Crippen LogP contribution in [0.2, 0.25) is 0 Å². The predicted molar refractivity (Wildman–Crippen MR) is 107 cm³/mol. The van der Waals surface area contributed by atoms with Gasteiger partial charge in [-0.2, -0.15) is 0 Å². The number of thioether (sulfide) groups is 1. The fraction of sp³-hybridized carbons (Fsp3) is 0.100. The van der Waals surface area contributed by atoms with Crippen LogP contribution in [0.4, 0.5) is 0 Å². The molecule has 2 atom stereocenters. The van der Waals surface area contributed by atoms with Crippen LogP contribution in [0.3, 0.4) is 0 Å². The van der Waals surface area contributed by atoms with E-state index in [2.05, 4.69) is 82.7 Å². The minimum absolute atomic E-state index is 0. The molecule has 0 bridgehead atoms. The average Bonchev–Trinajstić information content (AvgIpc) is 3.25. The van der Waals surface area contributed by atoms with Gasteiger partial charge >= 0.3 is 167 Å². The van der Waals surface area contributed by atoms with Crippen LogP contribution in [0.5, 0.6) is 0 Å². The Morgan fingerprint density at radius 2 is 1.65 bits per heavy atom. The van der Waals surface area contributed by atoms with E-state index in [0.717, 1.165) is 0 Å². The van der Waals surface area contributed by atoms with Crippen LogP contribution in [0.1, 0.15) is 25.9 Å². The Bertz CT molecular complexity index is 997. The van der Waals surface area contributed by atoms with Crippen molar-refractivity contribution in [2.75, 3.05) is 0 Å². The first-order valence-corrected chi connectivity index (χ1v) is 15.8. The van der Waals surface area contributed by atoms with Gasteiger partial charge in [-0.15, -0.1) is 0 Å². The Kier molecular flexibility index (Phi) is 6.65. The van der Waals surface area contributed by atoms with Crippen molar-refractivity contribution < 1.29 is 44.5 Å². The van der Waals surface area contributed by atoms with Gasteiger partial charge in [0.05, 0.1) is 0 Å². The summed E-state index contributed by atoms with van der Waals surface area (Å²) in [7, 11) is 6.28. The fourth-order valence-electron chi connectivity index (χ4n) is 3.73. The number of hydrogen-bond donors (Lipinski definition) is 0. The summed E-state index contributed by atoms with van der Waals surface area (Å²) in [6.45, 7) is 0. The quantitative estimate of drug-likeness (QED) is 0.498. The first kappa shape index (κ1) is 20.9. The van der Waals surface area contributed by atoms with Crippen LogP contribution < -0.4 is 24.8 Å². The standard InChI is InChI=1S/C11H6BrS.C9H7.2ClH.S.Zr/c12-11-6-9-8-4-2-1-3-7(8)5-10(9)13-11;1-2-5-9-7-3-6-8(9)4-1;;;;/h1-5,11H;1-7H;2*1H;;/q;;;;;+2/p-2. The van der Waals surface area contributed by atoms with E-state index < -0.39 is 19.7 Å². The van der Waals surface area contributed by atoms with Gasteiger partial charge < -0.3 is 24.8 Å². The molecule has 3 aliphatic rings. The van der Waals surface area contributed by atoms with Gasteiger partial charge in [-0.25, -0.2) is 0 Å². The molecule has 26 heavy (non-hydrogen) atoms. The van der Waals surface area contributed by atoms with Crippen LogP contribution >= 0.6 is 36.5 Å². The molecule has 0 saturated carbocycles. The summed E-state index contributed by atoms with van der Waals surface area (Å²) in [6, 6.07) is 17.5. The van der Waals surface area contributed by atoms with E-state index in [0.29, 0.717) is 7.79 Å². The molecule has 6 heteroatoms. The van der Waals surface area contributed by atoms with Crippen LogP contribution in [-0.4, -0.2) is 4.16 Å². The zero-order valence-corrected chi connectivity index (χ0v) is 20.6. The number of halogens is 3. The van der Waals surface area contributed by atoms with Gasteiger partial charge in [0.15, 0.2) is 0 Å². The Balaban J connectivity index is 0.000000980. The molecule has 1 aliphatic heterocycles. The summed E-state index contributed by atoms with van der Waals surface area (Å²) in [4.78, 5) is 1.41. The Morgan fingerprint density at radius 3 is 2.46 bits per heavy atom. The van der Waals surface area contributed by atoms with Crippen molar-refractivity contribution in [2.24, 2.45) is 0 Å². The normalized spacial score (nSPS) is 21.0. The second-order valence-corrected chi connectivity index (χ2v) is 16.1. The third-order valence-corrected chi connectivity index (χ3v) is 16.5. The summed E-state index contributed by atoms with van der Waals surface area (Å²) in [5.74, 6) is 0. The van der Waals surface area contributed by atoms with Crippen molar-refractivity contribution in [3.05, 3.63) is 85.0 Å². The molecule has 0 spiro atoms. The molecule has 0 N–H and O–H groups in total. The molecule has 2 aromatic carbocycles. The maximum atomic E-state index is 6.28. The molecule has 0 saturated heterocycles. The zero-order chi connectivity index (χ0) is 16.3. The van der Waals surface area contributed by atoms with Crippen molar-refractivity contribution in [3.63, 3.8) is 0 Å². The number of allylic oxidation sites excluding steroid dienone is 2. The second kappa shape index (κ2) is 8.27. The fourth-order valence-corrected chi connectivity index (χ4v) is 16.9. The van der Waals surface area contributed by atoms with E-state index >= 15 is 0 Å². The van der Waals surface area contributed by atoms with Gasteiger partial charge in [0, 0.05) is 0 Å². The van der Waals surface area contributed by atoms with E-state index in [1.165, 1.54) is 32.7 Å². The maximum absolute atomic E-state index is 6.28. The van der Waals surface area contributed by atoms with E-state index in [1.807, 2.05) is 11.8 Å². The summed E-state index contributed by atoms with van der Waals surface area (Å²) in [5, 5.41) is 0. The van der Waals surface area contributed by atoms with Gasteiger partial charge in [-0.3, -0.25) is 0 Å². The van der Waals surface area contributed by atoms with Crippen molar-refractivity contribution >= 4 is 54.3 Å². The van der Waals surface area contributed by atoms with E-state index in [-0.39, 0.29) is 24.8 Å². The average molecular weight is 559 g/mol. The van der Waals surface area contributed by atoms with Gasteiger partial charge in [0.25, 0.3) is 0 Å².